The van der Waals surface area contributed by atoms with Crippen molar-refractivity contribution in [2.24, 2.45) is 0 Å². The number of amides is 1. The molecule has 0 spiro atoms. The van der Waals surface area contributed by atoms with Crippen LogP contribution in [0, 0.1) is 12.3 Å². The molecule has 1 saturated heterocycles. The number of aliphatic hydroxyl groups is 1. The van der Waals surface area contributed by atoms with Crippen molar-refractivity contribution in [3.05, 3.63) is 0 Å². The maximum absolute atomic E-state index is 11.5. The van der Waals surface area contributed by atoms with Crippen LogP contribution < -0.4 is 5.32 Å². The van der Waals surface area contributed by atoms with Crippen LogP contribution in [-0.4, -0.2) is 47.7 Å². The maximum Gasteiger partial charge on any atom is 0.237 e. The third kappa shape index (κ3) is 2.72. The maximum atomic E-state index is 11.5. The van der Waals surface area contributed by atoms with Gasteiger partial charge in [0, 0.05) is 13.1 Å². The fourth-order valence-electron chi connectivity index (χ4n) is 1.57. The summed E-state index contributed by atoms with van der Waals surface area (Å²) < 4.78 is 0. The Morgan fingerprint density at radius 3 is 3.07 bits per heavy atom. The van der Waals surface area contributed by atoms with Crippen LogP contribution in [-0.2, 0) is 4.79 Å². The van der Waals surface area contributed by atoms with Crippen molar-refractivity contribution in [1.29, 1.82) is 0 Å². The normalized spacial score (nSPS) is 24.2. The molecule has 1 fully saturated rings. The van der Waals surface area contributed by atoms with Gasteiger partial charge in [-0.3, -0.25) is 9.69 Å². The third-order valence-electron chi connectivity index (χ3n) is 2.49. The Hall–Kier alpha value is -1.05. The minimum absolute atomic E-state index is 0.0722. The second kappa shape index (κ2) is 4.99. The number of rotatable bonds is 3. The summed E-state index contributed by atoms with van der Waals surface area (Å²) in [6, 6.07) is -0.208. The van der Waals surface area contributed by atoms with E-state index in [-0.39, 0.29) is 24.6 Å². The molecule has 1 amide bonds. The molecule has 4 heteroatoms. The SMILES string of the molecule is C#CCNC(=O)C(C)N1CC[C@@H](O)C1. The molecular weight excluding hydrogens is 180 g/mol. The number of hydrogen-bond donors (Lipinski definition) is 2. The molecule has 0 aromatic carbocycles. The Labute approximate surface area is 84.3 Å². The van der Waals surface area contributed by atoms with Crippen LogP contribution in [0.1, 0.15) is 13.3 Å². The molecule has 0 saturated carbocycles. The largest absolute Gasteiger partial charge is 0.392 e. The van der Waals surface area contributed by atoms with Crippen molar-refractivity contribution < 1.29 is 9.90 Å². The highest BCUT2D eigenvalue weighted by atomic mass is 16.3. The molecule has 1 aliphatic rings. The summed E-state index contributed by atoms with van der Waals surface area (Å²) >= 11 is 0. The van der Waals surface area contributed by atoms with Gasteiger partial charge in [0.05, 0.1) is 18.7 Å². The molecule has 1 unspecified atom stereocenters. The molecule has 0 aromatic rings. The molecule has 0 aromatic heterocycles. The van der Waals surface area contributed by atoms with Crippen molar-refractivity contribution in [3.8, 4) is 12.3 Å². The number of β-amino-alcohol motifs (C(OH)–C–C–N with tert-alkyl or cyclic N) is 1. The average Bonchev–Trinajstić information content (AvgIpc) is 2.60. The van der Waals surface area contributed by atoms with Gasteiger partial charge < -0.3 is 10.4 Å². The van der Waals surface area contributed by atoms with E-state index in [0.717, 1.165) is 13.0 Å². The summed E-state index contributed by atoms with van der Waals surface area (Å²) in [5, 5.41) is 11.9. The minimum Gasteiger partial charge on any atom is -0.392 e. The fraction of sp³-hybridized carbons (Fsp3) is 0.700. The van der Waals surface area contributed by atoms with E-state index >= 15 is 0 Å². The van der Waals surface area contributed by atoms with Gasteiger partial charge in [0.25, 0.3) is 0 Å². The van der Waals surface area contributed by atoms with Crippen molar-refractivity contribution in [2.75, 3.05) is 19.6 Å². The smallest absolute Gasteiger partial charge is 0.237 e. The fourth-order valence-corrected chi connectivity index (χ4v) is 1.57. The summed E-state index contributed by atoms with van der Waals surface area (Å²) in [6.45, 7) is 3.43. The first-order valence-corrected chi connectivity index (χ1v) is 4.78. The number of carbonyl (C=O) groups is 1. The Bertz CT molecular complexity index is 247. The molecule has 1 heterocycles. The van der Waals surface area contributed by atoms with Crippen LogP contribution in [0.3, 0.4) is 0 Å². The number of likely N-dealkylation sites (tertiary alicyclic amines) is 1. The van der Waals surface area contributed by atoms with E-state index in [2.05, 4.69) is 11.2 Å². The van der Waals surface area contributed by atoms with Gasteiger partial charge in [-0.05, 0) is 13.3 Å². The van der Waals surface area contributed by atoms with E-state index in [4.69, 9.17) is 6.42 Å². The second-order valence-electron chi connectivity index (χ2n) is 3.54. The average molecular weight is 196 g/mol. The van der Waals surface area contributed by atoms with Gasteiger partial charge in [-0.2, -0.15) is 0 Å². The topological polar surface area (TPSA) is 52.6 Å². The van der Waals surface area contributed by atoms with Gasteiger partial charge in [-0.25, -0.2) is 0 Å². The molecule has 2 N–H and O–H groups in total. The lowest BCUT2D eigenvalue weighted by atomic mass is 10.3. The lowest BCUT2D eigenvalue weighted by Gasteiger charge is -2.22. The van der Waals surface area contributed by atoms with Crippen molar-refractivity contribution in [2.45, 2.75) is 25.5 Å². The third-order valence-corrected chi connectivity index (χ3v) is 2.49. The van der Waals surface area contributed by atoms with E-state index in [1.807, 2.05) is 11.8 Å². The van der Waals surface area contributed by atoms with E-state index in [0.29, 0.717) is 6.54 Å². The highest BCUT2D eigenvalue weighted by molar-refractivity contribution is 5.81. The van der Waals surface area contributed by atoms with E-state index in [1.165, 1.54) is 0 Å². The lowest BCUT2D eigenvalue weighted by Crippen LogP contribution is -2.44. The van der Waals surface area contributed by atoms with Crippen LogP contribution in [0.2, 0.25) is 0 Å². The summed E-state index contributed by atoms with van der Waals surface area (Å²) in [5.41, 5.74) is 0. The van der Waals surface area contributed by atoms with Gasteiger partial charge in [0.15, 0.2) is 0 Å². The first-order chi connectivity index (χ1) is 6.65. The standard InChI is InChI=1S/C10H16N2O2/c1-3-5-11-10(14)8(2)12-6-4-9(13)7-12/h1,8-9,13H,4-7H2,2H3,(H,11,14)/t8?,9-/m1/s1. The molecule has 2 atom stereocenters. The first-order valence-electron chi connectivity index (χ1n) is 4.78. The van der Waals surface area contributed by atoms with Crippen LogP contribution >= 0.6 is 0 Å². The summed E-state index contributed by atoms with van der Waals surface area (Å²) in [7, 11) is 0. The second-order valence-corrected chi connectivity index (χ2v) is 3.54. The number of carbonyl (C=O) groups excluding carboxylic acids is 1. The molecule has 0 bridgehead atoms. The molecule has 14 heavy (non-hydrogen) atoms. The molecule has 4 nitrogen and oxygen atoms in total. The van der Waals surface area contributed by atoms with Crippen LogP contribution in [0.4, 0.5) is 0 Å². The molecular formula is C10H16N2O2. The quantitative estimate of drug-likeness (QED) is 0.581. The Kier molecular flexibility index (Phi) is 3.93. The highest BCUT2D eigenvalue weighted by Gasteiger charge is 2.27. The zero-order valence-corrected chi connectivity index (χ0v) is 8.36. The van der Waals surface area contributed by atoms with Gasteiger partial charge in [0.1, 0.15) is 0 Å². The monoisotopic (exact) mass is 196 g/mol. The Morgan fingerprint density at radius 2 is 2.57 bits per heavy atom. The van der Waals surface area contributed by atoms with Gasteiger partial charge >= 0.3 is 0 Å². The predicted molar refractivity (Wildman–Crippen MR) is 53.5 cm³/mol. The van der Waals surface area contributed by atoms with Crippen molar-refractivity contribution in [1.82, 2.24) is 10.2 Å². The summed E-state index contributed by atoms with van der Waals surface area (Å²) in [6.07, 6.45) is 5.48. The number of nitrogens with one attached hydrogen (secondary N) is 1. The predicted octanol–water partition coefficient (Wildman–Crippen LogP) is -0.809. The van der Waals surface area contributed by atoms with Gasteiger partial charge in [0.2, 0.25) is 5.91 Å². The Balaban J connectivity index is 2.37. The number of terminal acetylenes is 1. The van der Waals surface area contributed by atoms with E-state index < -0.39 is 0 Å². The first kappa shape index (κ1) is 11.0. The van der Waals surface area contributed by atoms with Crippen LogP contribution in [0.15, 0.2) is 0 Å². The minimum atomic E-state index is -0.294. The van der Waals surface area contributed by atoms with Crippen LogP contribution in [0.25, 0.3) is 0 Å². The van der Waals surface area contributed by atoms with Crippen LogP contribution in [0.5, 0.6) is 0 Å². The summed E-state index contributed by atoms with van der Waals surface area (Å²) in [4.78, 5) is 13.4. The highest BCUT2D eigenvalue weighted by Crippen LogP contribution is 2.12. The van der Waals surface area contributed by atoms with E-state index in [1.54, 1.807) is 0 Å². The lowest BCUT2D eigenvalue weighted by molar-refractivity contribution is -0.125. The van der Waals surface area contributed by atoms with Gasteiger partial charge in [-0.15, -0.1) is 6.42 Å². The van der Waals surface area contributed by atoms with E-state index in [9.17, 15) is 9.90 Å². The van der Waals surface area contributed by atoms with Crippen molar-refractivity contribution >= 4 is 5.91 Å². The number of nitrogens with zero attached hydrogens (tertiary/aromatic N) is 1. The van der Waals surface area contributed by atoms with Crippen molar-refractivity contribution in [3.63, 3.8) is 0 Å². The van der Waals surface area contributed by atoms with Gasteiger partial charge in [-0.1, -0.05) is 5.92 Å². The zero-order valence-electron chi connectivity index (χ0n) is 8.36. The molecule has 0 aliphatic carbocycles. The number of hydrogen-bond acceptors (Lipinski definition) is 3. The molecule has 78 valence electrons. The Morgan fingerprint density at radius 1 is 1.86 bits per heavy atom. The molecule has 0 radical (unpaired) electrons. The zero-order chi connectivity index (χ0) is 10.6. The molecule has 1 aliphatic heterocycles. The summed E-state index contributed by atoms with van der Waals surface area (Å²) in [5.74, 6) is 2.28. The molecule has 1 rings (SSSR count). The number of aliphatic hydroxyl groups excluding tert-OH is 1.